The first-order valence-corrected chi connectivity index (χ1v) is 8.29. The minimum atomic E-state index is -0.981. The first-order valence-electron chi connectivity index (χ1n) is 8.29. The van der Waals surface area contributed by atoms with Gasteiger partial charge in [0.2, 0.25) is 0 Å². The monoisotopic (exact) mass is 319 g/mol. The van der Waals surface area contributed by atoms with Gasteiger partial charge >= 0.3 is 6.09 Å². The summed E-state index contributed by atoms with van der Waals surface area (Å²) in [6, 6.07) is 6.04. The SMILES string of the molecule is CC(C)(C)c1cccc(C(NC(=O)O)C(C)(C)C)c1C(C)(C)C. The number of carboxylic acid groups (broad SMARTS) is 1. The summed E-state index contributed by atoms with van der Waals surface area (Å²) >= 11 is 0. The second-order valence-corrected chi connectivity index (χ2v) is 9.52. The summed E-state index contributed by atoms with van der Waals surface area (Å²) in [5.74, 6) is 0. The molecule has 0 fully saturated rings. The minimum absolute atomic E-state index is 0.00425. The van der Waals surface area contributed by atoms with Crippen molar-refractivity contribution in [1.82, 2.24) is 5.32 Å². The van der Waals surface area contributed by atoms with Crippen LogP contribution in [0.15, 0.2) is 18.2 Å². The molecule has 3 heteroatoms. The lowest BCUT2D eigenvalue weighted by atomic mass is 9.69. The lowest BCUT2D eigenvalue weighted by Gasteiger charge is -2.38. The summed E-state index contributed by atoms with van der Waals surface area (Å²) in [5.41, 5.74) is 3.34. The predicted octanol–water partition coefficient (Wildman–Crippen LogP) is 5.64. The van der Waals surface area contributed by atoms with Gasteiger partial charge in [0.1, 0.15) is 0 Å². The maximum atomic E-state index is 11.4. The van der Waals surface area contributed by atoms with Crippen LogP contribution in [0, 0.1) is 5.41 Å². The summed E-state index contributed by atoms with van der Waals surface area (Å²) in [4.78, 5) is 11.4. The molecule has 0 aliphatic rings. The molecule has 1 rings (SSSR count). The molecule has 0 aliphatic heterocycles. The number of benzene rings is 1. The summed E-state index contributed by atoms with van der Waals surface area (Å²) in [6.45, 7) is 19.4. The Morgan fingerprint density at radius 2 is 1.48 bits per heavy atom. The zero-order valence-corrected chi connectivity index (χ0v) is 16.2. The molecular formula is C20H33NO2. The Kier molecular flexibility index (Phi) is 5.25. The summed E-state index contributed by atoms with van der Waals surface area (Å²) in [6.07, 6.45) is -0.981. The van der Waals surface area contributed by atoms with E-state index < -0.39 is 6.09 Å². The average Bonchev–Trinajstić information content (AvgIpc) is 2.31. The van der Waals surface area contributed by atoms with Crippen molar-refractivity contribution in [3.05, 3.63) is 34.9 Å². The Morgan fingerprint density at radius 3 is 1.83 bits per heavy atom. The molecule has 0 aromatic heterocycles. The highest BCUT2D eigenvalue weighted by Gasteiger charge is 2.35. The smallest absolute Gasteiger partial charge is 0.405 e. The quantitative estimate of drug-likeness (QED) is 0.741. The van der Waals surface area contributed by atoms with Gasteiger partial charge in [-0.25, -0.2) is 4.79 Å². The van der Waals surface area contributed by atoms with Crippen LogP contribution in [0.3, 0.4) is 0 Å². The van der Waals surface area contributed by atoms with E-state index >= 15 is 0 Å². The number of nitrogens with one attached hydrogen (secondary N) is 1. The fourth-order valence-electron chi connectivity index (χ4n) is 3.16. The van der Waals surface area contributed by atoms with Crippen molar-refractivity contribution in [2.24, 2.45) is 5.41 Å². The molecule has 1 unspecified atom stereocenters. The van der Waals surface area contributed by atoms with E-state index in [1.165, 1.54) is 11.1 Å². The van der Waals surface area contributed by atoms with Gasteiger partial charge in [0.25, 0.3) is 0 Å². The molecule has 0 spiro atoms. The van der Waals surface area contributed by atoms with Crippen LogP contribution in [0.25, 0.3) is 0 Å². The van der Waals surface area contributed by atoms with Crippen molar-refractivity contribution in [3.63, 3.8) is 0 Å². The molecule has 0 aliphatic carbocycles. The normalized spacial score (nSPS) is 14.5. The van der Waals surface area contributed by atoms with Gasteiger partial charge in [0, 0.05) is 0 Å². The van der Waals surface area contributed by atoms with Gasteiger partial charge in [-0.3, -0.25) is 0 Å². The van der Waals surface area contributed by atoms with E-state index in [-0.39, 0.29) is 22.3 Å². The summed E-state index contributed by atoms with van der Waals surface area (Å²) < 4.78 is 0. The molecule has 3 nitrogen and oxygen atoms in total. The molecule has 1 aromatic carbocycles. The standard InChI is InChI=1S/C20H33NO2/c1-18(2,3)14-12-10-11-13(15(14)19(4,5)6)16(20(7,8)9)21-17(22)23/h10-12,16,21H,1-9H3,(H,22,23). The maximum absolute atomic E-state index is 11.4. The molecule has 0 saturated carbocycles. The molecule has 2 N–H and O–H groups in total. The lowest BCUT2D eigenvalue weighted by molar-refractivity contribution is 0.174. The van der Waals surface area contributed by atoms with Crippen molar-refractivity contribution in [2.75, 3.05) is 0 Å². The number of hydrogen-bond acceptors (Lipinski definition) is 1. The Morgan fingerprint density at radius 1 is 0.957 bits per heavy atom. The Labute approximate surface area is 141 Å². The van der Waals surface area contributed by atoms with Crippen molar-refractivity contribution in [1.29, 1.82) is 0 Å². The van der Waals surface area contributed by atoms with Gasteiger partial charge in [-0.1, -0.05) is 80.5 Å². The highest BCUT2D eigenvalue weighted by Crippen LogP contribution is 2.42. The van der Waals surface area contributed by atoms with Crippen LogP contribution >= 0.6 is 0 Å². The van der Waals surface area contributed by atoms with E-state index in [4.69, 9.17) is 0 Å². The zero-order chi connectivity index (χ0) is 18.2. The lowest BCUT2D eigenvalue weighted by Crippen LogP contribution is -2.38. The van der Waals surface area contributed by atoms with E-state index in [0.717, 1.165) is 5.56 Å². The predicted molar refractivity (Wildman–Crippen MR) is 97.2 cm³/mol. The number of hydrogen-bond donors (Lipinski definition) is 2. The zero-order valence-electron chi connectivity index (χ0n) is 16.2. The fourth-order valence-corrected chi connectivity index (χ4v) is 3.16. The molecule has 0 heterocycles. The highest BCUT2D eigenvalue weighted by atomic mass is 16.4. The van der Waals surface area contributed by atoms with Crippen LogP contribution < -0.4 is 5.32 Å². The van der Waals surface area contributed by atoms with Gasteiger partial charge < -0.3 is 10.4 Å². The third-order valence-corrected chi connectivity index (χ3v) is 4.10. The topological polar surface area (TPSA) is 49.3 Å². The number of rotatable bonds is 2. The van der Waals surface area contributed by atoms with Gasteiger partial charge in [-0.2, -0.15) is 0 Å². The van der Waals surface area contributed by atoms with Crippen LogP contribution in [0.5, 0.6) is 0 Å². The molecule has 0 bridgehead atoms. The van der Waals surface area contributed by atoms with Gasteiger partial charge in [0.05, 0.1) is 6.04 Å². The summed E-state index contributed by atoms with van der Waals surface area (Å²) in [5, 5.41) is 12.1. The van der Waals surface area contributed by atoms with E-state index in [9.17, 15) is 9.90 Å². The molecule has 1 atom stereocenters. The van der Waals surface area contributed by atoms with Crippen LogP contribution in [0.1, 0.15) is 85.0 Å². The van der Waals surface area contributed by atoms with Crippen LogP contribution in [-0.4, -0.2) is 11.2 Å². The number of amides is 1. The Balaban J connectivity index is 3.72. The van der Waals surface area contributed by atoms with Crippen molar-refractivity contribution in [2.45, 2.75) is 79.2 Å². The molecule has 1 aromatic rings. The summed E-state index contributed by atoms with van der Waals surface area (Å²) in [7, 11) is 0. The van der Waals surface area contributed by atoms with Crippen molar-refractivity contribution in [3.8, 4) is 0 Å². The average molecular weight is 319 g/mol. The van der Waals surface area contributed by atoms with Gasteiger partial charge in [-0.05, 0) is 32.9 Å². The first kappa shape index (κ1) is 19.5. The van der Waals surface area contributed by atoms with Gasteiger partial charge in [0.15, 0.2) is 0 Å². The fraction of sp³-hybridized carbons (Fsp3) is 0.650. The molecule has 0 saturated heterocycles. The molecule has 23 heavy (non-hydrogen) atoms. The second-order valence-electron chi connectivity index (χ2n) is 9.52. The Hall–Kier alpha value is -1.51. The Bertz CT molecular complexity index is 569. The maximum Gasteiger partial charge on any atom is 0.405 e. The van der Waals surface area contributed by atoms with Gasteiger partial charge in [-0.15, -0.1) is 0 Å². The number of carbonyl (C=O) groups is 1. The minimum Gasteiger partial charge on any atom is -0.465 e. The second kappa shape index (κ2) is 6.18. The first-order chi connectivity index (χ1) is 10.2. The third-order valence-electron chi connectivity index (χ3n) is 4.10. The van der Waals surface area contributed by atoms with Crippen LogP contribution in [0.2, 0.25) is 0 Å². The van der Waals surface area contributed by atoms with E-state index in [1.807, 2.05) is 6.07 Å². The van der Waals surface area contributed by atoms with E-state index in [2.05, 4.69) is 79.8 Å². The van der Waals surface area contributed by atoms with Crippen molar-refractivity contribution >= 4 is 6.09 Å². The molecular weight excluding hydrogens is 286 g/mol. The van der Waals surface area contributed by atoms with E-state index in [1.54, 1.807) is 0 Å². The molecule has 130 valence electrons. The van der Waals surface area contributed by atoms with Crippen molar-refractivity contribution < 1.29 is 9.90 Å². The van der Waals surface area contributed by atoms with Crippen LogP contribution in [-0.2, 0) is 10.8 Å². The molecule has 1 amide bonds. The highest BCUT2D eigenvalue weighted by molar-refractivity contribution is 5.66. The van der Waals surface area contributed by atoms with Crippen LogP contribution in [0.4, 0.5) is 4.79 Å². The third kappa shape index (κ3) is 4.73. The largest absolute Gasteiger partial charge is 0.465 e. The van der Waals surface area contributed by atoms with E-state index in [0.29, 0.717) is 0 Å². The molecule has 0 radical (unpaired) electrons.